The van der Waals surface area contributed by atoms with Crippen LogP contribution in [0.2, 0.25) is 28.3 Å². The molecule has 0 saturated carbocycles. The summed E-state index contributed by atoms with van der Waals surface area (Å²) in [4.78, 5) is 71.1. The first-order valence-corrected chi connectivity index (χ1v) is 24.4. The number of aromatic nitrogens is 1. The Labute approximate surface area is 377 Å². The smallest absolute Gasteiger partial charge is 0.408 e. The van der Waals surface area contributed by atoms with Gasteiger partial charge in [-0.3, -0.25) is 19.2 Å². The van der Waals surface area contributed by atoms with E-state index in [1.165, 1.54) is 24.9 Å². The van der Waals surface area contributed by atoms with Crippen LogP contribution in [0.3, 0.4) is 0 Å². The predicted octanol–water partition coefficient (Wildman–Crippen LogP) is 9.78. The number of rotatable bonds is 20. The van der Waals surface area contributed by atoms with E-state index in [0.29, 0.717) is 39.9 Å². The number of carbonyl (C=O) groups is 5. The number of hydrogen-bond donors (Lipinski definition) is 3. The summed E-state index contributed by atoms with van der Waals surface area (Å²) in [5.41, 5.74) is 1.97. The van der Waals surface area contributed by atoms with Gasteiger partial charge in [-0.05, 0) is 94.9 Å². The number of likely N-dealkylation sites (N-methyl/N-ethyl adjacent to an activating group) is 1. The Hall–Kier alpha value is -4.79. The summed E-state index contributed by atoms with van der Waals surface area (Å²) in [6.07, 6.45) is 3.41. The number of hydrogen-bond acceptors (Lipinski definition) is 9. The average Bonchev–Trinajstić information content (AvgIpc) is 3.49. The molecule has 16 heteroatoms. The van der Waals surface area contributed by atoms with Crippen LogP contribution in [0.15, 0.2) is 66.8 Å². The number of ether oxygens (including phenoxy) is 3. The number of nitrogens with one attached hydrogen (secondary N) is 3. The van der Waals surface area contributed by atoms with E-state index in [0.717, 1.165) is 16.5 Å². The zero-order valence-electron chi connectivity index (χ0n) is 38.0. The van der Waals surface area contributed by atoms with Crippen molar-refractivity contribution >= 4 is 72.3 Å². The number of carbonyl (C=O) groups excluding carboxylic acids is 5. The Morgan fingerprint density at radius 1 is 0.952 bits per heavy atom. The van der Waals surface area contributed by atoms with Crippen molar-refractivity contribution in [2.24, 2.45) is 0 Å². The molecule has 1 aromatic heterocycles. The number of amides is 3. The number of para-hydroxylation sites is 1. The SMILES string of the molecule is C=CCOC(=O)CC/C(C)=C/CCOC(=O)C[C@@H](NC(=O)[C@@H](Cc1c(Cl)[nH]c2ccccc12)N(C)C(=O)[C@H](C)NC(=O)OC(C)(C)C)c1ccc(O[Si](C)(C)C(C)(C)C)c(Cl)c1. The minimum atomic E-state index is -2.29. The number of alkyl carbamates (subject to hydrolysis) is 1. The van der Waals surface area contributed by atoms with Gasteiger partial charge in [0.1, 0.15) is 35.2 Å². The highest BCUT2D eigenvalue weighted by Gasteiger charge is 2.40. The Morgan fingerprint density at radius 3 is 2.26 bits per heavy atom. The van der Waals surface area contributed by atoms with Gasteiger partial charge in [-0.15, -0.1) is 0 Å². The summed E-state index contributed by atoms with van der Waals surface area (Å²) in [5.74, 6) is -1.62. The largest absolute Gasteiger partial charge is 0.543 e. The lowest BCUT2D eigenvalue weighted by molar-refractivity contribution is -0.145. The third kappa shape index (κ3) is 15.5. The minimum Gasteiger partial charge on any atom is -0.543 e. The molecule has 62 heavy (non-hydrogen) atoms. The summed E-state index contributed by atoms with van der Waals surface area (Å²) < 4.78 is 22.5. The van der Waals surface area contributed by atoms with Crippen molar-refractivity contribution in [3.63, 3.8) is 0 Å². The fourth-order valence-electron chi connectivity index (χ4n) is 6.06. The van der Waals surface area contributed by atoms with Crippen LogP contribution in [0, 0.1) is 0 Å². The summed E-state index contributed by atoms with van der Waals surface area (Å²) >= 11 is 13.6. The number of halogens is 2. The normalized spacial score (nSPS) is 13.7. The maximum atomic E-state index is 14.7. The number of aromatic amines is 1. The first-order chi connectivity index (χ1) is 28.8. The van der Waals surface area contributed by atoms with Crippen LogP contribution >= 0.6 is 23.2 Å². The second-order valence-corrected chi connectivity index (χ2v) is 23.4. The molecule has 2 aromatic carbocycles. The molecule has 13 nitrogen and oxygen atoms in total. The van der Waals surface area contributed by atoms with Gasteiger partial charge in [-0.25, -0.2) is 4.79 Å². The van der Waals surface area contributed by atoms with Crippen molar-refractivity contribution < 1.29 is 42.6 Å². The summed E-state index contributed by atoms with van der Waals surface area (Å²) in [7, 11) is -0.820. The first-order valence-electron chi connectivity index (χ1n) is 20.7. The van der Waals surface area contributed by atoms with E-state index in [1.54, 1.807) is 39.0 Å². The standard InChI is InChI=1S/C46H64Cl2N4O9Si/c1-13-24-58-39(53)23-20-29(2)17-16-25-59-40(54)28-36(31-21-22-38(34(47)26-31)61-62(11,12)46(7,8)9)51-42(55)37(27-33-32-18-14-15-19-35(32)50-41(33)48)52(10)43(56)30(3)49-44(57)60-45(4,5)6/h13-15,17-19,21-22,26,30,36-37,50H,1,16,20,23-25,27-28H2,2-12H3,(H,49,57)(H,51,55)/b29-17+/t30-,36+,37+/m0/s1. The number of benzene rings is 2. The lowest BCUT2D eigenvalue weighted by atomic mass is 9.99. The Kier molecular flexibility index (Phi) is 18.7. The molecule has 3 aromatic rings. The van der Waals surface area contributed by atoms with Crippen LogP contribution in [0.5, 0.6) is 5.75 Å². The first kappa shape index (κ1) is 51.6. The molecule has 0 bridgehead atoms. The molecule has 0 aliphatic rings. The predicted molar refractivity (Wildman–Crippen MR) is 247 cm³/mol. The van der Waals surface area contributed by atoms with Gasteiger partial charge in [0.2, 0.25) is 11.8 Å². The van der Waals surface area contributed by atoms with Crippen LogP contribution in [-0.2, 0) is 39.8 Å². The molecule has 1 heterocycles. The number of nitrogens with zero attached hydrogens (tertiary/aromatic N) is 1. The summed E-state index contributed by atoms with van der Waals surface area (Å²) in [5, 5.41) is 6.82. The molecular formula is C46H64Cl2N4O9Si. The topological polar surface area (TPSA) is 165 Å². The Balaban J connectivity index is 1.96. The minimum absolute atomic E-state index is 0.0229. The molecule has 3 N–H and O–H groups in total. The summed E-state index contributed by atoms with van der Waals surface area (Å²) in [6.45, 7) is 22.8. The van der Waals surface area contributed by atoms with E-state index in [2.05, 4.69) is 56.1 Å². The van der Waals surface area contributed by atoms with Crippen LogP contribution in [-0.4, -0.2) is 86.0 Å². The quantitative estimate of drug-likeness (QED) is 0.0329. The van der Waals surface area contributed by atoms with Gasteiger partial charge in [0, 0.05) is 30.8 Å². The summed E-state index contributed by atoms with van der Waals surface area (Å²) in [6, 6.07) is 9.31. The molecule has 340 valence electrons. The highest BCUT2D eigenvalue weighted by molar-refractivity contribution is 6.74. The molecule has 0 fully saturated rings. The maximum absolute atomic E-state index is 14.7. The zero-order valence-corrected chi connectivity index (χ0v) is 40.5. The van der Waals surface area contributed by atoms with E-state index >= 15 is 0 Å². The molecule has 3 rings (SSSR count). The monoisotopic (exact) mass is 914 g/mol. The molecular weight excluding hydrogens is 852 g/mol. The molecule has 3 atom stereocenters. The van der Waals surface area contributed by atoms with Crippen molar-refractivity contribution in [2.75, 3.05) is 20.3 Å². The van der Waals surface area contributed by atoms with Gasteiger partial charge < -0.3 is 39.2 Å². The van der Waals surface area contributed by atoms with Gasteiger partial charge in [0.05, 0.1) is 24.1 Å². The van der Waals surface area contributed by atoms with Gasteiger partial charge >= 0.3 is 18.0 Å². The number of H-pyrrole nitrogens is 1. The highest BCUT2D eigenvalue weighted by atomic mass is 35.5. The average molecular weight is 916 g/mol. The highest BCUT2D eigenvalue weighted by Crippen LogP contribution is 2.40. The van der Waals surface area contributed by atoms with E-state index in [4.69, 9.17) is 41.8 Å². The lowest BCUT2D eigenvalue weighted by Crippen LogP contribution is -2.55. The molecule has 0 saturated heterocycles. The van der Waals surface area contributed by atoms with Crippen molar-refractivity contribution in [3.8, 4) is 5.75 Å². The third-order valence-corrected chi connectivity index (χ3v) is 15.5. The maximum Gasteiger partial charge on any atom is 0.408 e. The molecule has 0 spiro atoms. The fourth-order valence-corrected chi connectivity index (χ4v) is 7.67. The fraction of sp³-hybridized carbons (Fsp3) is 0.500. The number of allylic oxidation sites excluding steroid dienone is 1. The van der Waals surface area contributed by atoms with Crippen LogP contribution in [0.4, 0.5) is 4.79 Å². The lowest BCUT2D eigenvalue weighted by Gasteiger charge is -2.36. The van der Waals surface area contributed by atoms with Crippen LogP contribution in [0.25, 0.3) is 10.9 Å². The van der Waals surface area contributed by atoms with Crippen LogP contribution in [0.1, 0.15) is 98.2 Å². The van der Waals surface area contributed by atoms with Crippen molar-refractivity contribution in [1.82, 2.24) is 20.5 Å². The van der Waals surface area contributed by atoms with Gasteiger partial charge in [0.25, 0.3) is 8.32 Å². The molecule has 0 aliphatic carbocycles. The van der Waals surface area contributed by atoms with Crippen molar-refractivity contribution in [2.45, 2.75) is 129 Å². The molecule has 0 aliphatic heterocycles. The van der Waals surface area contributed by atoms with E-state index < -0.39 is 55.9 Å². The van der Waals surface area contributed by atoms with E-state index in [-0.39, 0.29) is 43.5 Å². The van der Waals surface area contributed by atoms with Crippen LogP contribution < -0.4 is 15.1 Å². The van der Waals surface area contributed by atoms with Gasteiger partial charge in [-0.2, -0.15) is 0 Å². The molecule has 0 radical (unpaired) electrons. The zero-order chi connectivity index (χ0) is 46.6. The second-order valence-electron chi connectivity index (χ2n) is 17.8. The molecule has 3 amide bonds. The van der Waals surface area contributed by atoms with Crippen molar-refractivity contribution in [1.29, 1.82) is 0 Å². The third-order valence-electron chi connectivity index (χ3n) is 10.6. The Bertz CT molecular complexity index is 2100. The molecule has 0 unspecified atom stereocenters. The van der Waals surface area contributed by atoms with Gasteiger partial charge in [0.15, 0.2) is 0 Å². The van der Waals surface area contributed by atoms with Crippen molar-refractivity contribution in [3.05, 3.63) is 88.1 Å². The Morgan fingerprint density at radius 2 is 1.63 bits per heavy atom. The van der Waals surface area contributed by atoms with E-state index in [1.807, 2.05) is 37.3 Å². The second kappa shape index (κ2) is 22.5. The van der Waals surface area contributed by atoms with Gasteiger partial charge in [-0.1, -0.05) is 92.5 Å². The number of esters is 2. The number of fused-ring (bicyclic) bond motifs is 1. The van der Waals surface area contributed by atoms with E-state index in [9.17, 15) is 24.0 Å².